The normalized spacial score (nSPS) is 18.5. The number of aromatic nitrogens is 2. The maximum Gasteiger partial charge on any atom is 0.343 e. The Labute approximate surface area is 188 Å². The summed E-state index contributed by atoms with van der Waals surface area (Å²) in [5, 5.41) is 22.1. The second kappa shape index (κ2) is 7.14. The fraction of sp³-hybridized carbons (Fsp3) is 0.333. The number of benzene rings is 1. The average Bonchev–Trinajstić information content (AvgIpc) is 3.15. The highest BCUT2D eigenvalue weighted by molar-refractivity contribution is 5.89. The Morgan fingerprint density at radius 3 is 2.76 bits per heavy atom. The Kier molecular flexibility index (Phi) is 4.58. The maximum absolute atomic E-state index is 13.3. The van der Waals surface area contributed by atoms with E-state index in [1.54, 1.807) is 30.7 Å². The predicted octanol–water partition coefficient (Wildman–Crippen LogP) is 1.76. The molecule has 0 saturated heterocycles. The van der Waals surface area contributed by atoms with Gasteiger partial charge in [-0.15, -0.1) is 0 Å². The number of nitrogens with zero attached hydrogens (tertiary/aromatic N) is 3. The largest absolute Gasteiger partial charge is 0.508 e. The Morgan fingerprint density at radius 1 is 1.30 bits per heavy atom. The van der Waals surface area contributed by atoms with E-state index in [9.17, 15) is 24.6 Å². The minimum Gasteiger partial charge on any atom is -0.508 e. The van der Waals surface area contributed by atoms with E-state index in [0.717, 1.165) is 5.56 Å². The van der Waals surface area contributed by atoms with Gasteiger partial charge in [0.05, 0.1) is 29.0 Å². The zero-order valence-electron chi connectivity index (χ0n) is 18.5. The molecule has 2 aliphatic heterocycles. The molecular formula is C24H23N3O6. The van der Waals surface area contributed by atoms with Gasteiger partial charge in [0.2, 0.25) is 5.91 Å². The smallest absolute Gasteiger partial charge is 0.343 e. The predicted molar refractivity (Wildman–Crippen MR) is 118 cm³/mol. The fourth-order valence-electron chi connectivity index (χ4n) is 4.61. The molecule has 0 aliphatic carbocycles. The first kappa shape index (κ1) is 21.1. The number of pyridine rings is 2. The number of aromatic hydroxyl groups is 1. The van der Waals surface area contributed by atoms with E-state index in [1.165, 1.54) is 17.9 Å². The Hall–Kier alpha value is -3.72. The van der Waals surface area contributed by atoms with Crippen LogP contribution in [0.3, 0.4) is 0 Å². The molecule has 33 heavy (non-hydrogen) atoms. The van der Waals surface area contributed by atoms with Crippen molar-refractivity contribution < 1.29 is 24.5 Å². The van der Waals surface area contributed by atoms with Crippen LogP contribution in [-0.2, 0) is 39.6 Å². The molecule has 2 aliphatic rings. The first-order valence-corrected chi connectivity index (χ1v) is 10.7. The molecule has 2 N–H and O–H groups in total. The molecular weight excluding hydrogens is 426 g/mol. The molecule has 0 fully saturated rings. The third kappa shape index (κ3) is 2.96. The van der Waals surface area contributed by atoms with Gasteiger partial charge < -0.3 is 24.4 Å². The molecule has 0 radical (unpaired) electrons. The van der Waals surface area contributed by atoms with E-state index in [1.807, 2.05) is 6.07 Å². The van der Waals surface area contributed by atoms with Crippen molar-refractivity contribution in [1.29, 1.82) is 0 Å². The minimum atomic E-state index is -1.88. The molecule has 4 heterocycles. The number of amides is 1. The Balaban J connectivity index is 1.71. The number of carbonyl (C=O) groups is 2. The molecule has 0 saturated carbocycles. The van der Waals surface area contributed by atoms with E-state index < -0.39 is 11.6 Å². The summed E-state index contributed by atoms with van der Waals surface area (Å²) in [6, 6.07) is 6.75. The third-order valence-corrected chi connectivity index (χ3v) is 6.71. The number of hydrogen-bond donors (Lipinski definition) is 2. The lowest BCUT2D eigenvalue weighted by atomic mass is 9.86. The fourth-order valence-corrected chi connectivity index (χ4v) is 4.61. The molecule has 1 aromatic carbocycles. The highest BCUT2D eigenvalue weighted by Gasteiger charge is 2.45. The highest BCUT2D eigenvalue weighted by Crippen LogP contribution is 2.39. The zero-order chi connectivity index (χ0) is 23.7. The molecule has 9 heteroatoms. The molecule has 5 rings (SSSR count). The monoisotopic (exact) mass is 449 g/mol. The molecule has 3 aromatic rings. The molecule has 0 spiro atoms. The summed E-state index contributed by atoms with van der Waals surface area (Å²) in [6.07, 6.45) is 0.0754. The lowest BCUT2D eigenvalue weighted by Crippen LogP contribution is -2.44. The topological polar surface area (TPSA) is 122 Å². The summed E-state index contributed by atoms with van der Waals surface area (Å²) < 4.78 is 6.66. The number of hydrogen-bond acceptors (Lipinski definition) is 7. The van der Waals surface area contributed by atoms with Gasteiger partial charge in [-0.05, 0) is 30.7 Å². The van der Waals surface area contributed by atoms with E-state index >= 15 is 0 Å². The van der Waals surface area contributed by atoms with Crippen molar-refractivity contribution >= 4 is 22.8 Å². The van der Waals surface area contributed by atoms with E-state index in [2.05, 4.69) is 0 Å². The van der Waals surface area contributed by atoms with Crippen molar-refractivity contribution in [2.24, 2.45) is 0 Å². The number of phenolic OH excluding ortho intramolecular Hbond substituents is 1. The van der Waals surface area contributed by atoms with Gasteiger partial charge in [0.25, 0.3) is 5.56 Å². The van der Waals surface area contributed by atoms with Crippen LogP contribution >= 0.6 is 0 Å². The van der Waals surface area contributed by atoms with Crippen LogP contribution in [-0.4, -0.2) is 43.6 Å². The van der Waals surface area contributed by atoms with Gasteiger partial charge in [0, 0.05) is 42.6 Å². The summed E-state index contributed by atoms with van der Waals surface area (Å²) in [4.78, 5) is 43.6. The van der Waals surface area contributed by atoms with E-state index in [4.69, 9.17) is 9.72 Å². The van der Waals surface area contributed by atoms with Gasteiger partial charge in [0.15, 0.2) is 5.60 Å². The van der Waals surface area contributed by atoms with Crippen molar-refractivity contribution in [2.45, 2.75) is 45.6 Å². The molecule has 0 unspecified atom stereocenters. The lowest BCUT2D eigenvalue weighted by molar-refractivity contribution is -0.172. The van der Waals surface area contributed by atoms with Crippen LogP contribution in [0.1, 0.15) is 42.5 Å². The molecule has 0 bridgehead atoms. The van der Waals surface area contributed by atoms with Crippen LogP contribution in [0.4, 0.5) is 0 Å². The van der Waals surface area contributed by atoms with Crippen LogP contribution in [0, 0.1) is 0 Å². The lowest BCUT2D eigenvalue weighted by Gasteiger charge is -2.31. The summed E-state index contributed by atoms with van der Waals surface area (Å²) in [7, 11) is 1.65. The number of cyclic esters (lactones) is 1. The molecule has 9 nitrogen and oxygen atoms in total. The SMILES string of the molecule is CC[C@@]1(O)C(=O)OCc2c1cc1n(c2=O)Cc2cc3c(CN(C)C(C)=O)c(O)ccc3nc2-1. The zero-order valence-corrected chi connectivity index (χ0v) is 18.5. The first-order chi connectivity index (χ1) is 15.7. The summed E-state index contributed by atoms with van der Waals surface area (Å²) in [6.45, 7) is 3.40. The first-order valence-electron chi connectivity index (χ1n) is 10.7. The number of aliphatic hydroxyl groups is 1. The van der Waals surface area contributed by atoms with Gasteiger partial charge in [-0.3, -0.25) is 9.59 Å². The van der Waals surface area contributed by atoms with Crippen molar-refractivity contribution in [1.82, 2.24) is 14.5 Å². The Morgan fingerprint density at radius 2 is 2.06 bits per heavy atom. The summed E-state index contributed by atoms with van der Waals surface area (Å²) in [5.41, 5.74) is 1.37. The molecule has 1 amide bonds. The van der Waals surface area contributed by atoms with Gasteiger partial charge in [0.1, 0.15) is 12.4 Å². The number of fused-ring (bicyclic) bond motifs is 5. The highest BCUT2D eigenvalue weighted by atomic mass is 16.6. The number of esters is 1. The van der Waals surface area contributed by atoms with Crippen molar-refractivity contribution in [2.75, 3.05) is 7.05 Å². The van der Waals surface area contributed by atoms with E-state index in [0.29, 0.717) is 27.9 Å². The van der Waals surface area contributed by atoms with Crippen molar-refractivity contribution in [3.63, 3.8) is 0 Å². The minimum absolute atomic E-state index is 0.0594. The number of phenols is 1. The maximum atomic E-state index is 13.3. The van der Waals surface area contributed by atoms with Crippen LogP contribution in [0.15, 0.2) is 29.1 Å². The summed E-state index contributed by atoms with van der Waals surface area (Å²) >= 11 is 0. The van der Waals surface area contributed by atoms with Crippen molar-refractivity contribution in [3.05, 3.63) is 56.9 Å². The number of carbonyl (C=O) groups excluding carboxylic acids is 2. The van der Waals surface area contributed by atoms with Crippen molar-refractivity contribution in [3.8, 4) is 17.1 Å². The van der Waals surface area contributed by atoms with E-state index in [-0.39, 0.29) is 54.5 Å². The molecule has 170 valence electrons. The second-order valence-corrected chi connectivity index (χ2v) is 8.60. The number of ether oxygens (including phenoxy) is 1. The third-order valence-electron chi connectivity index (χ3n) is 6.71. The van der Waals surface area contributed by atoms with Gasteiger partial charge >= 0.3 is 5.97 Å². The van der Waals surface area contributed by atoms with Crippen LogP contribution in [0.25, 0.3) is 22.3 Å². The second-order valence-electron chi connectivity index (χ2n) is 8.60. The summed E-state index contributed by atoms with van der Waals surface area (Å²) in [5.74, 6) is -0.837. The molecule has 2 aromatic heterocycles. The quantitative estimate of drug-likeness (QED) is 0.457. The van der Waals surface area contributed by atoms with Gasteiger partial charge in [-0.25, -0.2) is 9.78 Å². The van der Waals surface area contributed by atoms with Crippen LogP contribution < -0.4 is 5.56 Å². The average molecular weight is 449 g/mol. The van der Waals surface area contributed by atoms with Crippen LogP contribution in [0.2, 0.25) is 0 Å². The molecule has 1 atom stereocenters. The Bertz CT molecular complexity index is 1430. The van der Waals surface area contributed by atoms with Gasteiger partial charge in [-0.1, -0.05) is 6.92 Å². The van der Waals surface area contributed by atoms with Crippen LogP contribution in [0.5, 0.6) is 5.75 Å². The van der Waals surface area contributed by atoms with Gasteiger partial charge in [-0.2, -0.15) is 0 Å². The number of rotatable bonds is 3. The standard InChI is InChI=1S/C24H23N3O6/c1-4-24(32)17-8-19-21-13(9-27(19)22(30)16(17)11-33-23(24)31)7-14-15(10-26(3)12(2)28)20(29)6-5-18(14)25-21/h5-8,29,32H,4,9-11H2,1-3H3/t24-/m0/s1.